The van der Waals surface area contributed by atoms with Gasteiger partial charge in [-0.05, 0) is 25.1 Å². The molecule has 0 radical (unpaired) electrons. The van der Waals surface area contributed by atoms with Crippen molar-refractivity contribution in [2.24, 2.45) is 0 Å². The molecule has 0 aromatic heterocycles. The molecule has 0 bridgehead atoms. The Morgan fingerprint density at radius 1 is 1.50 bits per heavy atom. The number of nitrogens with one attached hydrogen (secondary N) is 1. The number of aliphatic hydroxyl groups is 1. The fraction of sp³-hybridized carbons (Fsp3) is 0.385. The Kier molecular flexibility index (Phi) is 3.59. The first-order chi connectivity index (χ1) is 7.81. The molecule has 1 atom stereocenters. The van der Waals surface area contributed by atoms with Gasteiger partial charge in [-0.15, -0.1) is 0 Å². The minimum absolute atomic E-state index is 0.331. The molecule has 1 aromatic rings. The van der Waals surface area contributed by atoms with E-state index in [1.54, 1.807) is 0 Å². The van der Waals surface area contributed by atoms with Crippen molar-refractivity contribution in [1.29, 1.82) is 0 Å². The summed E-state index contributed by atoms with van der Waals surface area (Å²) in [5.41, 5.74) is 2.44. The summed E-state index contributed by atoms with van der Waals surface area (Å²) in [6, 6.07) is 6.02. The average molecular weight is 219 g/mol. The molecule has 0 amide bonds. The summed E-state index contributed by atoms with van der Waals surface area (Å²) < 4.78 is 5.63. The largest absolute Gasteiger partial charge is 0.491 e. The molecule has 1 aliphatic carbocycles. The smallest absolute Gasteiger partial charge is 0.123 e. The Hall–Kier alpha value is -1.32. The molecule has 0 saturated heterocycles. The van der Waals surface area contributed by atoms with Crippen molar-refractivity contribution < 1.29 is 9.84 Å². The Bertz CT molecular complexity index is 388. The number of rotatable bonds is 5. The average Bonchev–Trinajstić information content (AvgIpc) is 2.75. The minimum atomic E-state index is -0.463. The second kappa shape index (κ2) is 5.14. The molecule has 86 valence electrons. The van der Waals surface area contributed by atoms with Gasteiger partial charge < -0.3 is 15.2 Å². The molecule has 1 unspecified atom stereocenters. The van der Waals surface area contributed by atoms with Crippen LogP contribution in [-0.4, -0.2) is 31.4 Å². The van der Waals surface area contributed by atoms with Gasteiger partial charge in [0.2, 0.25) is 0 Å². The first-order valence-corrected chi connectivity index (χ1v) is 5.55. The van der Waals surface area contributed by atoms with E-state index < -0.39 is 6.10 Å². The normalized spacial score (nSPS) is 14.9. The van der Waals surface area contributed by atoms with Crippen LogP contribution in [0.25, 0.3) is 6.08 Å². The van der Waals surface area contributed by atoms with E-state index in [1.807, 2.05) is 19.2 Å². The van der Waals surface area contributed by atoms with E-state index in [4.69, 9.17) is 4.74 Å². The number of ether oxygens (including phenoxy) is 1. The molecule has 2 rings (SSSR count). The Morgan fingerprint density at radius 3 is 3.19 bits per heavy atom. The Labute approximate surface area is 95.7 Å². The maximum Gasteiger partial charge on any atom is 0.123 e. The van der Waals surface area contributed by atoms with Crippen molar-refractivity contribution in [3.63, 3.8) is 0 Å². The zero-order valence-electron chi connectivity index (χ0n) is 9.44. The summed E-state index contributed by atoms with van der Waals surface area (Å²) in [6.45, 7) is 0.880. The van der Waals surface area contributed by atoms with Crippen LogP contribution in [0.1, 0.15) is 11.1 Å². The lowest BCUT2D eigenvalue weighted by Gasteiger charge is -2.14. The minimum Gasteiger partial charge on any atom is -0.491 e. The van der Waals surface area contributed by atoms with Gasteiger partial charge in [0.15, 0.2) is 0 Å². The predicted molar refractivity (Wildman–Crippen MR) is 64.6 cm³/mol. The summed E-state index contributed by atoms with van der Waals surface area (Å²) in [5.74, 6) is 0.887. The van der Waals surface area contributed by atoms with Gasteiger partial charge in [0.25, 0.3) is 0 Å². The van der Waals surface area contributed by atoms with Crippen molar-refractivity contribution in [2.45, 2.75) is 12.5 Å². The molecule has 0 heterocycles. The highest BCUT2D eigenvalue weighted by atomic mass is 16.5. The third kappa shape index (κ3) is 2.43. The van der Waals surface area contributed by atoms with E-state index in [1.165, 1.54) is 11.1 Å². The molecule has 0 saturated carbocycles. The van der Waals surface area contributed by atoms with E-state index in [0.29, 0.717) is 13.2 Å². The molecule has 1 aliphatic rings. The molecular weight excluding hydrogens is 202 g/mol. The Balaban J connectivity index is 1.98. The van der Waals surface area contributed by atoms with Crippen molar-refractivity contribution in [1.82, 2.24) is 5.32 Å². The van der Waals surface area contributed by atoms with Gasteiger partial charge in [-0.3, -0.25) is 0 Å². The molecule has 0 fully saturated rings. The molecule has 0 aliphatic heterocycles. The van der Waals surface area contributed by atoms with E-state index in [2.05, 4.69) is 23.5 Å². The number of likely N-dealkylation sites (N-methyl/N-ethyl adjacent to an activating group) is 1. The van der Waals surface area contributed by atoms with Crippen molar-refractivity contribution >= 4 is 6.08 Å². The topological polar surface area (TPSA) is 41.5 Å². The summed E-state index contributed by atoms with van der Waals surface area (Å²) in [5, 5.41) is 12.5. The monoisotopic (exact) mass is 219 g/mol. The van der Waals surface area contributed by atoms with Crippen LogP contribution in [-0.2, 0) is 6.42 Å². The summed E-state index contributed by atoms with van der Waals surface area (Å²) in [6.07, 6.45) is 4.69. The predicted octanol–water partition coefficient (Wildman–Crippen LogP) is 1.21. The van der Waals surface area contributed by atoms with E-state index >= 15 is 0 Å². The zero-order chi connectivity index (χ0) is 11.4. The van der Waals surface area contributed by atoms with Gasteiger partial charge in [0.1, 0.15) is 18.5 Å². The van der Waals surface area contributed by atoms with Crippen molar-refractivity contribution in [3.8, 4) is 5.75 Å². The molecular formula is C13H17NO2. The number of aliphatic hydroxyl groups excluding tert-OH is 1. The van der Waals surface area contributed by atoms with Crippen LogP contribution in [0.15, 0.2) is 24.3 Å². The number of benzene rings is 1. The molecule has 3 heteroatoms. The van der Waals surface area contributed by atoms with Crippen LogP contribution in [0.2, 0.25) is 0 Å². The summed E-state index contributed by atoms with van der Waals surface area (Å²) >= 11 is 0. The van der Waals surface area contributed by atoms with Crippen LogP contribution >= 0.6 is 0 Å². The molecule has 2 N–H and O–H groups in total. The van der Waals surface area contributed by atoms with E-state index in [-0.39, 0.29) is 0 Å². The summed E-state index contributed by atoms with van der Waals surface area (Å²) in [7, 11) is 1.81. The fourth-order valence-electron chi connectivity index (χ4n) is 1.88. The van der Waals surface area contributed by atoms with Crippen LogP contribution in [0.5, 0.6) is 5.75 Å². The molecule has 1 aromatic carbocycles. The second-order valence-electron chi connectivity index (χ2n) is 3.95. The quantitative estimate of drug-likeness (QED) is 0.782. The van der Waals surface area contributed by atoms with Gasteiger partial charge in [-0.2, -0.15) is 0 Å². The third-order valence-corrected chi connectivity index (χ3v) is 2.66. The second-order valence-corrected chi connectivity index (χ2v) is 3.95. The lowest BCUT2D eigenvalue weighted by molar-refractivity contribution is 0.108. The standard InChI is InChI=1S/C13H17NO2/c1-14-8-11(15)9-16-13-7-3-5-10-4-2-6-12(10)13/h2-5,7,11,14-15H,6,8-9H2,1H3. The lowest BCUT2D eigenvalue weighted by atomic mass is 10.1. The number of fused-ring (bicyclic) bond motifs is 1. The van der Waals surface area contributed by atoms with E-state index in [0.717, 1.165) is 12.2 Å². The number of allylic oxidation sites excluding steroid dienone is 1. The summed E-state index contributed by atoms with van der Waals surface area (Å²) in [4.78, 5) is 0. The fourth-order valence-corrected chi connectivity index (χ4v) is 1.88. The number of hydrogen-bond donors (Lipinski definition) is 2. The molecule has 0 spiro atoms. The zero-order valence-corrected chi connectivity index (χ0v) is 9.44. The van der Waals surface area contributed by atoms with Gasteiger partial charge >= 0.3 is 0 Å². The third-order valence-electron chi connectivity index (χ3n) is 2.66. The SMILES string of the molecule is CNCC(O)COc1cccc2c1CC=C2. The first-order valence-electron chi connectivity index (χ1n) is 5.55. The van der Waals surface area contributed by atoms with Gasteiger partial charge in [-0.25, -0.2) is 0 Å². The van der Waals surface area contributed by atoms with Gasteiger partial charge in [0, 0.05) is 12.1 Å². The van der Waals surface area contributed by atoms with Crippen LogP contribution < -0.4 is 10.1 Å². The highest BCUT2D eigenvalue weighted by Crippen LogP contribution is 2.28. The van der Waals surface area contributed by atoms with Gasteiger partial charge in [-0.1, -0.05) is 24.3 Å². The highest BCUT2D eigenvalue weighted by molar-refractivity contribution is 5.63. The van der Waals surface area contributed by atoms with E-state index in [9.17, 15) is 5.11 Å². The maximum atomic E-state index is 9.56. The van der Waals surface area contributed by atoms with Crippen LogP contribution in [0.3, 0.4) is 0 Å². The molecule has 16 heavy (non-hydrogen) atoms. The number of hydrogen-bond acceptors (Lipinski definition) is 3. The highest BCUT2D eigenvalue weighted by Gasteiger charge is 2.12. The van der Waals surface area contributed by atoms with Crippen LogP contribution in [0.4, 0.5) is 0 Å². The van der Waals surface area contributed by atoms with Crippen molar-refractivity contribution in [2.75, 3.05) is 20.2 Å². The molecule has 3 nitrogen and oxygen atoms in total. The Morgan fingerprint density at radius 2 is 2.38 bits per heavy atom. The lowest BCUT2D eigenvalue weighted by Crippen LogP contribution is -2.29. The maximum absolute atomic E-state index is 9.56. The van der Waals surface area contributed by atoms with Gasteiger partial charge in [0.05, 0.1) is 0 Å². The first kappa shape index (κ1) is 11.2. The van der Waals surface area contributed by atoms with Crippen LogP contribution in [0, 0.1) is 0 Å². The van der Waals surface area contributed by atoms with Crippen molar-refractivity contribution in [3.05, 3.63) is 35.4 Å².